The first-order valence-electron chi connectivity index (χ1n) is 8.18. The van der Waals surface area contributed by atoms with E-state index in [1.165, 1.54) is 0 Å². The van der Waals surface area contributed by atoms with Gasteiger partial charge in [-0.05, 0) is 25.1 Å². The summed E-state index contributed by atoms with van der Waals surface area (Å²) >= 11 is 3.22. The van der Waals surface area contributed by atoms with Gasteiger partial charge < -0.3 is 0 Å². The van der Waals surface area contributed by atoms with Crippen LogP contribution < -0.4 is 0 Å². The highest BCUT2D eigenvalue weighted by molar-refractivity contribution is 7.98. The highest BCUT2D eigenvalue weighted by Crippen LogP contribution is 2.27. The Labute approximate surface area is 160 Å². The van der Waals surface area contributed by atoms with Crippen LogP contribution in [0.1, 0.15) is 11.4 Å². The molecule has 0 amide bonds. The minimum Gasteiger partial charge on any atom is -0.254 e. The number of benzene rings is 1. The number of hydrogen-bond donors (Lipinski definition) is 0. The topological polar surface area (TPSA) is 51.6 Å². The Morgan fingerprint density at radius 1 is 0.923 bits per heavy atom. The van der Waals surface area contributed by atoms with Gasteiger partial charge in [0.1, 0.15) is 5.01 Å². The molecule has 0 spiro atoms. The van der Waals surface area contributed by atoms with Crippen LogP contribution in [0, 0.1) is 6.92 Å². The summed E-state index contributed by atoms with van der Waals surface area (Å²) in [5.41, 5.74) is 4.95. The first kappa shape index (κ1) is 16.9. The molecule has 0 aliphatic rings. The summed E-state index contributed by atoms with van der Waals surface area (Å²) in [6, 6.07) is 18.1. The molecule has 3 aromatic heterocycles. The third-order valence-electron chi connectivity index (χ3n) is 3.69. The molecule has 0 aliphatic carbocycles. The number of nitrogens with zero attached hydrogens (tertiary/aromatic N) is 4. The molecule has 4 aromatic rings. The highest BCUT2D eigenvalue weighted by atomic mass is 32.2. The second-order valence-corrected chi connectivity index (χ2v) is 7.49. The van der Waals surface area contributed by atoms with Crippen LogP contribution in [0.25, 0.3) is 22.0 Å². The quantitative estimate of drug-likeness (QED) is 0.351. The van der Waals surface area contributed by atoms with Crippen molar-refractivity contribution in [1.29, 1.82) is 0 Å². The van der Waals surface area contributed by atoms with Gasteiger partial charge in [0, 0.05) is 28.6 Å². The highest BCUT2D eigenvalue weighted by Gasteiger charge is 2.09. The SMILES string of the molecule is Cc1cc(-c2ccccc2)nc(SCc2csc(-c3ccccn3)n2)n1. The summed E-state index contributed by atoms with van der Waals surface area (Å²) in [7, 11) is 0. The molecule has 0 saturated heterocycles. The van der Waals surface area contributed by atoms with Crippen molar-refractivity contribution in [2.75, 3.05) is 0 Å². The van der Waals surface area contributed by atoms with E-state index in [1.54, 1.807) is 29.3 Å². The monoisotopic (exact) mass is 376 g/mol. The molecule has 0 bridgehead atoms. The molecule has 0 unspecified atom stereocenters. The van der Waals surface area contributed by atoms with Crippen molar-refractivity contribution in [3.63, 3.8) is 0 Å². The fraction of sp³-hybridized carbons (Fsp3) is 0.100. The minimum atomic E-state index is 0.737. The lowest BCUT2D eigenvalue weighted by atomic mass is 10.1. The van der Waals surface area contributed by atoms with Crippen molar-refractivity contribution in [2.45, 2.75) is 17.8 Å². The average Bonchev–Trinajstić information content (AvgIpc) is 3.16. The van der Waals surface area contributed by atoms with Crippen molar-refractivity contribution in [1.82, 2.24) is 19.9 Å². The summed E-state index contributed by atoms with van der Waals surface area (Å²) in [4.78, 5) is 18.3. The Kier molecular flexibility index (Phi) is 5.04. The summed E-state index contributed by atoms with van der Waals surface area (Å²) in [5, 5.41) is 3.79. The maximum absolute atomic E-state index is 4.70. The molecule has 0 saturated carbocycles. The molecule has 0 radical (unpaired) electrons. The molecular formula is C20H16N4S2. The number of pyridine rings is 1. The lowest BCUT2D eigenvalue weighted by molar-refractivity contribution is 0.936. The van der Waals surface area contributed by atoms with E-state index >= 15 is 0 Å². The van der Waals surface area contributed by atoms with Crippen LogP contribution >= 0.6 is 23.1 Å². The zero-order valence-corrected chi connectivity index (χ0v) is 15.8. The van der Waals surface area contributed by atoms with Crippen LogP contribution in [0.4, 0.5) is 0 Å². The third-order valence-corrected chi connectivity index (χ3v) is 5.48. The van der Waals surface area contributed by atoms with Crippen molar-refractivity contribution in [2.24, 2.45) is 0 Å². The van der Waals surface area contributed by atoms with Gasteiger partial charge in [0.25, 0.3) is 0 Å². The first-order chi connectivity index (χ1) is 12.8. The second-order valence-electron chi connectivity index (χ2n) is 5.69. The molecule has 0 atom stereocenters. The standard InChI is InChI=1S/C20H16N4S2/c1-14-11-18(15-7-3-2-4-8-15)24-20(22-14)26-13-16-12-25-19(23-16)17-9-5-6-10-21-17/h2-12H,13H2,1H3. The lowest BCUT2D eigenvalue weighted by Crippen LogP contribution is -1.94. The van der Waals surface area contributed by atoms with E-state index < -0.39 is 0 Å². The summed E-state index contributed by atoms with van der Waals surface area (Å²) in [6.45, 7) is 2.00. The Morgan fingerprint density at radius 2 is 1.77 bits per heavy atom. The van der Waals surface area contributed by atoms with E-state index in [4.69, 9.17) is 4.98 Å². The van der Waals surface area contributed by atoms with Crippen LogP contribution in [-0.4, -0.2) is 19.9 Å². The molecule has 26 heavy (non-hydrogen) atoms. The van der Waals surface area contributed by atoms with Crippen molar-refractivity contribution < 1.29 is 0 Å². The van der Waals surface area contributed by atoms with Gasteiger partial charge in [0.05, 0.1) is 17.1 Å². The molecule has 0 aliphatic heterocycles. The number of aromatic nitrogens is 4. The molecule has 0 N–H and O–H groups in total. The molecular weight excluding hydrogens is 360 g/mol. The number of rotatable bonds is 5. The van der Waals surface area contributed by atoms with Gasteiger partial charge in [-0.25, -0.2) is 15.0 Å². The van der Waals surface area contributed by atoms with Crippen molar-refractivity contribution in [3.05, 3.63) is 77.6 Å². The lowest BCUT2D eigenvalue weighted by Gasteiger charge is -2.05. The fourth-order valence-corrected chi connectivity index (χ4v) is 4.18. The maximum atomic E-state index is 4.70. The molecule has 4 nitrogen and oxygen atoms in total. The van der Waals surface area contributed by atoms with Crippen molar-refractivity contribution in [3.8, 4) is 22.0 Å². The molecule has 3 heterocycles. The van der Waals surface area contributed by atoms with Gasteiger partial charge in [0.2, 0.25) is 0 Å². The van der Waals surface area contributed by atoms with Crippen LogP contribution in [0.2, 0.25) is 0 Å². The minimum absolute atomic E-state index is 0.737. The summed E-state index contributed by atoms with van der Waals surface area (Å²) in [5.74, 6) is 0.737. The van der Waals surface area contributed by atoms with Crippen molar-refractivity contribution >= 4 is 23.1 Å². The largest absolute Gasteiger partial charge is 0.254 e. The number of thiazole rings is 1. The third kappa shape index (κ3) is 3.98. The fourth-order valence-electron chi connectivity index (χ4n) is 2.48. The molecule has 6 heteroatoms. The van der Waals surface area contributed by atoms with Crippen LogP contribution in [-0.2, 0) is 5.75 Å². The second kappa shape index (κ2) is 7.76. The zero-order valence-electron chi connectivity index (χ0n) is 14.2. The number of thioether (sulfide) groups is 1. The average molecular weight is 377 g/mol. The molecule has 128 valence electrons. The number of hydrogen-bond acceptors (Lipinski definition) is 6. The Balaban J connectivity index is 1.50. The predicted octanol–water partition coefficient (Wildman–Crippen LogP) is 5.26. The van der Waals surface area contributed by atoms with Gasteiger partial charge in [-0.3, -0.25) is 4.98 Å². The first-order valence-corrected chi connectivity index (χ1v) is 10.0. The van der Waals surface area contributed by atoms with Gasteiger partial charge >= 0.3 is 0 Å². The molecule has 0 fully saturated rings. The maximum Gasteiger partial charge on any atom is 0.188 e. The van der Waals surface area contributed by atoms with E-state index in [2.05, 4.69) is 32.5 Å². The van der Waals surface area contributed by atoms with Crippen LogP contribution in [0.3, 0.4) is 0 Å². The van der Waals surface area contributed by atoms with E-state index in [9.17, 15) is 0 Å². The molecule has 4 rings (SSSR count). The smallest absolute Gasteiger partial charge is 0.188 e. The van der Waals surface area contributed by atoms with E-state index in [1.807, 2.05) is 49.4 Å². The predicted molar refractivity (Wildman–Crippen MR) is 107 cm³/mol. The van der Waals surface area contributed by atoms with E-state index in [0.29, 0.717) is 0 Å². The Morgan fingerprint density at radius 3 is 2.58 bits per heavy atom. The van der Waals surface area contributed by atoms with Crippen LogP contribution in [0.15, 0.2) is 71.3 Å². The summed E-state index contributed by atoms with van der Waals surface area (Å²) < 4.78 is 0. The van der Waals surface area contributed by atoms with E-state index in [0.717, 1.165) is 44.3 Å². The normalized spacial score (nSPS) is 10.8. The van der Waals surface area contributed by atoms with Crippen LogP contribution in [0.5, 0.6) is 0 Å². The zero-order chi connectivity index (χ0) is 17.8. The molecule has 1 aromatic carbocycles. The van der Waals surface area contributed by atoms with Gasteiger partial charge in [-0.1, -0.05) is 48.2 Å². The van der Waals surface area contributed by atoms with Gasteiger partial charge in [-0.15, -0.1) is 11.3 Å². The number of aryl methyl sites for hydroxylation is 1. The Hall–Kier alpha value is -2.57. The van der Waals surface area contributed by atoms with E-state index in [-0.39, 0.29) is 0 Å². The Bertz CT molecular complexity index is 1000. The van der Waals surface area contributed by atoms with Gasteiger partial charge in [0.15, 0.2) is 5.16 Å². The van der Waals surface area contributed by atoms with Gasteiger partial charge in [-0.2, -0.15) is 0 Å². The summed E-state index contributed by atoms with van der Waals surface area (Å²) in [6.07, 6.45) is 1.79.